The molecule has 1 rings (SSSR count). The summed E-state index contributed by atoms with van der Waals surface area (Å²) in [5.41, 5.74) is 5.60. The predicted octanol–water partition coefficient (Wildman–Crippen LogP) is 1.48. The number of hydrogen-bond acceptors (Lipinski definition) is 4. The number of nitrogens with zero attached hydrogens (tertiary/aromatic N) is 2. The third-order valence-electron chi connectivity index (χ3n) is 3.71. The molecule has 4 nitrogen and oxygen atoms in total. The van der Waals surface area contributed by atoms with Crippen molar-refractivity contribution in [3.05, 3.63) is 0 Å². The minimum atomic E-state index is -0.177. The Morgan fingerprint density at radius 3 is 2.05 bits per heavy atom. The van der Waals surface area contributed by atoms with Gasteiger partial charge in [0.25, 0.3) is 0 Å². The van der Waals surface area contributed by atoms with Crippen LogP contribution in [0.15, 0.2) is 0 Å². The van der Waals surface area contributed by atoms with Crippen molar-refractivity contribution in [3.63, 3.8) is 0 Å². The predicted molar refractivity (Wildman–Crippen MR) is 84.6 cm³/mol. The van der Waals surface area contributed by atoms with Gasteiger partial charge in [-0.15, -0.1) is 0 Å². The van der Waals surface area contributed by atoms with Gasteiger partial charge < -0.3 is 10.5 Å². The Balaban J connectivity index is 2.32. The van der Waals surface area contributed by atoms with Crippen molar-refractivity contribution < 1.29 is 4.74 Å². The molecule has 1 saturated heterocycles. The van der Waals surface area contributed by atoms with Gasteiger partial charge in [0.2, 0.25) is 0 Å². The molecule has 0 atom stereocenters. The number of ether oxygens (including phenoxy) is 1. The molecule has 0 bridgehead atoms. The molecule has 2 N–H and O–H groups in total. The third kappa shape index (κ3) is 5.34. The van der Waals surface area contributed by atoms with E-state index in [2.05, 4.69) is 44.4 Å². The summed E-state index contributed by atoms with van der Waals surface area (Å²) in [5, 5.41) is 0. The fourth-order valence-corrected chi connectivity index (χ4v) is 2.30. The Labute approximate surface area is 123 Å². The number of hydrogen-bond donors (Lipinski definition) is 1. The lowest BCUT2D eigenvalue weighted by Crippen LogP contribution is -2.59. The molecule has 0 saturated carbocycles. The Bertz CT molecular complexity index is 304. The fraction of sp³-hybridized carbons (Fsp3) is 0.929. The highest BCUT2D eigenvalue weighted by atomic mass is 32.1. The van der Waals surface area contributed by atoms with E-state index in [9.17, 15) is 0 Å². The van der Waals surface area contributed by atoms with Crippen LogP contribution in [-0.2, 0) is 4.74 Å². The molecule has 1 aliphatic rings. The van der Waals surface area contributed by atoms with E-state index in [4.69, 9.17) is 22.7 Å². The second-order valence-electron chi connectivity index (χ2n) is 6.71. The highest BCUT2D eigenvalue weighted by molar-refractivity contribution is 7.80. The summed E-state index contributed by atoms with van der Waals surface area (Å²) < 4.78 is 5.77. The Kier molecular flexibility index (Phi) is 5.74. The summed E-state index contributed by atoms with van der Waals surface area (Å²) >= 11 is 5.16. The summed E-state index contributed by atoms with van der Waals surface area (Å²) in [7, 11) is 0. The molecule has 0 amide bonds. The van der Waals surface area contributed by atoms with Gasteiger partial charge in [-0.25, -0.2) is 0 Å². The van der Waals surface area contributed by atoms with Gasteiger partial charge in [-0.1, -0.05) is 12.2 Å². The molecule has 1 aliphatic heterocycles. The standard InChI is InChI=1S/C14H29N3OS/c1-13(2,3)18-11-10-16-6-8-17(9-7-16)14(4,5)12(15)19/h6-11H2,1-5H3,(H2,15,19). The van der Waals surface area contributed by atoms with E-state index in [0.29, 0.717) is 4.99 Å². The van der Waals surface area contributed by atoms with Crippen molar-refractivity contribution in [3.8, 4) is 0 Å². The molecule has 112 valence electrons. The molecule has 19 heavy (non-hydrogen) atoms. The maximum absolute atomic E-state index is 5.82. The quantitative estimate of drug-likeness (QED) is 0.776. The first-order valence-electron chi connectivity index (χ1n) is 7.04. The van der Waals surface area contributed by atoms with Gasteiger partial charge in [0.15, 0.2) is 0 Å². The highest BCUT2D eigenvalue weighted by Crippen LogP contribution is 2.17. The van der Waals surface area contributed by atoms with Gasteiger partial charge in [-0.3, -0.25) is 9.80 Å². The second-order valence-corrected chi connectivity index (χ2v) is 7.15. The van der Waals surface area contributed by atoms with E-state index in [1.807, 2.05) is 0 Å². The molecular weight excluding hydrogens is 258 g/mol. The zero-order valence-corrected chi connectivity index (χ0v) is 13.8. The van der Waals surface area contributed by atoms with Crippen LogP contribution in [0.4, 0.5) is 0 Å². The molecular formula is C14H29N3OS. The lowest BCUT2D eigenvalue weighted by atomic mass is 10.0. The van der Waals surface area contributed by atoms with Gasteiger partial charge in [0.05, 0.1) is 22.7 Å². The monoisotopic (exact) mass is 287 g/mol. The van der Waals surface area contributed by atoms with Crippen molar-refractivity contribution in [2.75, 3.05) is 39.3 Å². The first kappa shape index (κ1) is 16.8. The summed E-state index contributed by atoms with van der Waals surface area (Å²) in [6.45, 7) is 16.4. The normalized spacial score (nSPS) is 19.6. The summed E-state index contributed by atoms with van der Waals surface area (Å²) in [5.74, 6) is 0. The Morgan fingerprint density at radius 2 is 1.63 bits per heavy atom. The van der Waals surface area contributed by atoms with Crippen LogP contribution in [0.25, 0.3) is 0 Å². The first-order chi connectivity index (χ1) is 8.63. The molecule has 0 aromatic carbocycles. The van der Waals surface area contributed by atoms with E-state index < -0.39 is 0 Å². The van der Waals surface area contributed by atoms with Crippen LogP contribution in [0.2, 0.25) is 0 Å². The largest absolute Gasteiger partial charge is 0.392 e. The van der Waals surface area contributed by atoms with Gasteiger partial charge in [0, 0.05) is 32.7 Å². The number of thiocarbonyl (C=S) groups is 1. The molecule has 1 heterocycles. The van der Waals surface area contributed by atoms with Crippen molar-refractivity contribution >= 4 is 17.2 Å². The average Bonchev–Trinajstić information content (AvgIpc) is 2.27. The van der Waals surface area contributed by atoms with Crippen molar-refractivity contribution in [1.29, 1.82) is 0 Å². The topological polar surface area (TPSA) is 41.7 Å². The summed E-state index contributed by atoms with van der Waals surface area (Å²) in [6.07, 6.45) is 0. The molecule has 1 fully saturated rings. The van der Waals surface area contributed by atoms with Crippen LogP contribution in [0.3, 0.4) is 0 Å². The van der Waals surface area contributed by atoms with Gasteiger partial charge in [0.1, 0.15) is 0 Å². The van der Waals surface area contributed by atoms with E-state index in [1.54, 1.807) is 0 Å². The zero-order chi connectivity index (χ0) is 14.7. The second kappa shape index (κ2) is 6.48. The van der Waals surface area contributed by atoms with Crippen LogP contribution in [0.5, 0.6) is 0 Å². The minimum Gasteiger partial charge on any atom is -0.392 e. The van der Waals surface area contributed by atoms with Crippen LogP contribution < -0.4 is 5.73 Å². The van der Waals surface area contributed by atoms with Crippen LogP contribution in [0, 0.1) is 0 Å². The van der Waals surface area contributed by atoms with Crippen LogP contribution >= 0.6 is 12.2 Å². The first-order valence-corrected chi connectivity index (χ1v) is 7.45. The molecule has 0 unspecified atom stereocenters. The third-order valence-corrected chi connectivity index (χ3v) is 4.21. The maximum Gasteiger partial charge on any atom is 0.0928 e. The molecule has 0 spiro atoms. The Morgan fingerprint density at radius 1 is 1.11 bits per heavy atom. The van der Waals surface area contributed by atoms with Crippen LogP contribution in [-0.4, -0.2) is 65.3 Å². The highest BCUT2D eigenvalue weighted by Gasteiger charge is 2.32. The van der Waals surface area contributed by atoms with Gasteiger partial charge in [-0.2, -0.15) is 0 Å². The van der Waals surface area contributed by atoms with Gasteiger partial charge >= 0.3 is 0 Å². The summed E-state index contributed by atoms with van der Waals surface area (Å²) in [4.78, 5) is 5.39. The van der Waals surface area contributed by atoms with Crippen molar-refractivity contribution in [2.24, 2.45) is 5.73 Å². The molecule has 0 aromatic heterocycles. The average molecular weight is 287 g/mol. The van der Waals surface area contributed by atoms with Crippen LogP contribution in [0.1, 0.15) is 34.6 Å². The van der Waals surface area contributed by atoms with Crippen molar-refractivity contribution in [1.82, 2.24) is 9.80 Å². The van der Waals surface area contributed by atoms with Crippen molar-refractivity contribution in [2.45, 2.75) is 45.8 Å². The maximum atomic E-state index is 5.82. The minimum absolute atomic E-state index is 0.0461. The molecule has 0 aliphatic carbocycles. The van der Waals surface area contributed by atoms with Gasteiger partial charge in [-0.05, 0) is 34.6 Å². The number of nitrogens with two attached hydrogens (primary N) is 1. The zero-order valence-electron chi connectivity index (χ0n) is 13.0. The summed E-state index contributed by atoms with van der Waals surface area (Å²) in [6, 6.07) is 0. The SMILES string of the molecule is CC(C)(C)OCCN1CCN(C(C)(C)C(N)=S)CC1. The van der Waals surface area contributed by atoms with E-state index in [-0.39, 0.29) is 11.1 Å². The number of piperazine rings is 1. The number of rotatable bonds is 5. The molecule has 0 aromatic rings. The lowest BCUT2D eigenvalue weighted by Gasteiger charge is -2.43. The fourth-order valence-electron chi connectivity index (χ4n) is 2.17. The van der Waals surface area contributed by atoms with E-state index >= 15 is 0 Å². The lowest BCUT2D eigenvalue weighted by molar-refractivity contribution is -0.0201. The van der Waals surface area contributed by atoms with E-state index in [0.717, 1.165) is 39.3 Å². The molecule has 0 radical (unpaired) electrons. The molecule has 5 heteroatoms. The Hall–Kier alpha value is -0.230. The smallest absolute Gasteiger partial charge is 0.0928 e. The van der Waals surface area contributed by atoms with E-state index in [1.165, 1.54) is 0 Å².